The number of hydrogen-bond acceptors (Lipinski definition) is 7. The zero-order valence-corrected chi connectivity index (χ0v) is 14.1. The van der Waals surface area contributed by atoms with Crippen LogP contribution in [0.1, 0.15) is 34.8 Å². The van der Waals surface area contributed by atoms with E-state index in [1.807, 2.05) is 31.2 Å². The first-order chi connectivity index (χ1) is 12.5. The van der Waals surface area contributed by atoms with Crippen molar-refractivity contribution in [2.75, 3.05) is 0 Å². The molecule has 26 heavy (non-hydrogen) atoms. The third-order valence-electron chi connectivity index (χ3n) is 3.66. The number of para-hydroxylation sites is 1. The first-order valence-electron chi connectivity index (χ1n) is 7.80. The summed E-state index contributed by atoms with van der Waals surface area (Å²) in [5, 5.41) is 18.9. The van der Waals surface area contributed by atoms with Crippen LogP contribution in [0.3, 0.4) is 0 Å². The number of esters is 1. The molecule has 0 bridgehead atoms. The van der Waals surface area contributed by atoms with E-state index in [1.165, 1.54) is 24.3 Å². The van der Waals surface area contributed by atoms with Crippen LogP contribution in [0.2, 0.25) is 0 Å². The van der Waals surface area contributed by atoms with Crippen LogP contribution < -0.4 is 0 Å². The Balaban J connectivity index is 1.78. The van der Waals surface area contributed by atoms with Gasteiger partial charge >= 0.3 is 5.97 Å². The Bertz CT molecular complexity index is 967. The van der Waals surface area contributed by atoms with Crippen molar-refractivity contribution in [2.45, 2.75) is 20.0 Å². The van der Waals surface area contributed by atoms with Crippen molar-refractivity contribution in [3.05, 3.63) is 75.7 Å². The van der Waals surface area contributed by atoms with Crippen LogP contribution in [0.4, 0.5) is 5.69 Å². The van der Waals surface area contributed by atoms with Gasteiger partial charge in [-0.25, -0.2) is 4.79 Å². The summed E-state index contributed by atoms with van der Waals surface area (Å²) < 4.78 is 10.8. The highest BCUT2D eigenvalue weighted by Gasteiger charge is 2.25. The third-order valence-corrected chi connectivity index (χ3v) is 3.66. The number of ether oxygens (including phenoxy) is 1. The molecule has 1 unspecified atom stereocenters. The van der Waals surface area contributed by atoms with Crippen LogP contribution in [0, 0.1) is 17.0 Å². The normalized spacial score (nSPS) is 11.8. The third kappa shape index (κ3) is 3.59. The molecular weight excluding hydrogens is 338 g/mol. The van der Waals surface area contributed by atoms with Gasteiger partial charge in [-0.05, 0) is 32.0 Å². The SMILES string of the molecule is Cc1cccc(-c2nnc(C(C)OC(=O)c3ccccc3[N+](=O)[O-])o2)c1. The largest absolute Gasteiger partial charge is 0.449 e. The van der Waals surface area contributed by atoms with Crippen molar-refractivity contribution < 1.29 is 18.9 Å². The second kappa shape index (κ2) is 7.14. The Morgan fingerprint density at radius 2 is 1.96 bits per heavy atom. The van der Waals surface area contributed by atoms with E-state index >= 15 is 0 Å². The van der Waals surface area contributed by atoms with Crippen LogP contribution in [0.15, 0.2) is 52.9 Å². The molecule has 1 aromatic heterocycles. The minimum Gasteiger partial charge on any atom is -0.449 e. The standard InChI is InChI=1S/C18H15N3O5/c1-11-6-5-7-13(10-11)17-20-19-16(26-17)12(2)25-18(22)14-8-3-4-9-15(14)21(23)24/h3-10,12H,1-2H3. The number of carbonyl (C=O) groups is 1. The van der Waals surface area contributed by atoms with E-state index in [0.29, 0.717) is 5.89 Å². The Morgan fingerprint density at radius 3 is 2.69 bits per heavy atom. The van der Waals surface area contributed by atoms with Gasteiger partial charge in [0.2, 0.25) is 5.89 Å². The van der Waals surface area contributed by atoms with Gasteiger partial charge in [0.25, 0.3) is 11.6 Å². The van der Waals surface area contributed by atoms with E-state index in [9.17, 15) is 14.9 Å². The number of nitro benzene ring substituents is 1. The van der Waals surface area contributed by atoms with Gasteiger partial charge in [0, 0.05) is 11.6 Å². The Hall–Kier alpha value is -3.55. The van der Waals surface area contributed by atoms with Gasteiger partial charge < -0.3 is 9.15 Å². The van der Waals surface area contributed by atoms with Crippen molar-refractivity contribution in [3.8, 4) is 11.5 Å². The summed E-state index contributed by atoms with van der Waals surface area (Å²) in [6, 6.07) is 13.1. The van der Waals surface area contributed by atoms with Crippen LogP contribution in [-0.4, -0.2) is 21.1 Å². The molecular formula is C18H15N3O5. The van der Waals surface area contributed by atoms with Gasteiger partial charge in [-0.2, -0.15) is 0 Å². The maximum absolute atomic E-state index is 12.3. The lowest BCUT2D eigenvalue weighted by atomic mass is 10.1. The van der Waals surface area contributed by atoms with Crippen LogP contribution in [0.25, 0.3) is 11.5 Å². The fourth-order valence-electron chi connectivity index (χ4n) is 2.37. The number of carbonyl (C=O) groups excluding carboxylic acids is 1. The lowest BCUT2D eigenvalue weighted by Crippen LogP contribution is -2.11. The molecule has 0 fully saturated rings. The monoisotopic (exact) mass is 353 g/mol. The first-order valence-corrected chi connectivity index (χ1v) is 7.80. The van der Waals surface area contributed by atoms with Crippen LogP contribution in [-0.2, 0) is 4.74 Å². The molecule has 0 saturated heterocycles. The topological polar surface area (TPSA) is 108 Å². The highest BCUT2D eigenvalue weighted by Crippen LogP contribution is 2.25. The molecule has 1 heterocycles. The molecule has 0 saturated carbocycles. The first kappa shape index (κ1) is 17.3. The molecule has 132 valence electrons. The predicted molar refractivity (Wildman–Crippen MR) is 91.4 cm³/mol. The van der Waals surface area contributed by atoms with Crippen molar-refractivity contribution in [3.63, 3.8) is 0 Å². The van der Waals surface area contributed by atoms with Crippen molar-refractivity contribution in [1.29, 1.82) is 0 Å². The van der Waals surface area contributed by atoms with E-state index in [-0.39, 0.29) is 17.1 Å². The smallest absolute Gasteiger partial charge is 0.345 e. The van der Waals surface area contributed by atoms with E-state index in [1.54, 1.807) is 6.92 Å². The molecule has 2 aromatic carbocycles. The second-order valence-electron chi connectivity index (χ2n) is 5.64. The molecule has 8 heteroatoms. The van der Waals surface area contributed by atoms with Crippen LogP contribution >= 0.6 is 0 Å². The lowest BCUT2D eigenvalue weighted by Gasteiger charge is -2.09. The zero-order chi connectivity index (χ0) is 18.7. The summed E-state index contributed by atoms with van der Waals surface area (Å²) in [6.07, 6.45) is -0.853. The molecule has 0 amide bonds. The maximum Gasteiger partial charge on any atom is 0.345 e. The fourth-order valence-corrected chi connectivity index (χ4v) is 2.37. The average Bonchev–Trinajstić information content (AvgIpc) is 3.12. The molecule has 8 nitrogen and oxygen atoms in total. The molecule has 1 atom stereocenters. The van der Waals surface area contributed by atoms with E-state index in [2.05, 4.69) is 10.2 Å². The Kier molecular flexibility index (Phi) is 4.74. The highest BCUT2D eigenvalue weighted by atomic mass is 16.6. The highest BCUT2D eigenvalue weighted by molar-refractivity contribution is 5.93. The van der Waals surface area contributed by atoms with Crippen molar-refractivity contribution in [2.24, 2.45) is 0 Å². The van der Waals surface area contributed by atoms with E-state index in [4.69, 9.17) is 9.15 Å². The van der Waals surface area contributed by atoms with Gasteiger partial charge in [-0.1, -0.05) is 29.8 Å². The summed E-state index contributed by atoms with van der Waals surface area (Å²) in [5.41, 5.74) is 1.33. The average molecular weight is 353 g/mol. The maximum atomic E-state index is 12.3. The molecule has 0 spiro atoms. The number of rotatable bonds is 5. The summed E-state index contributed by atoms with van der Waals surface area (Å²) in [7, 11) is 0. The van der Waals surface area contributed by atoms with Crippen molar-refractivity contribution >= 4 is 11.7 Å². The number of aryl methyl sites for hydroxylation is 1. The molecule has 3 aromatic rings. The zero-order valence-electron chi connectivity index (χ0n) is 14.1. The fraction of sp³-hybridized carbons (Fsp3) is 0.167. The number of nitro groups is 1. The molecule has 0 aliphatic rings. The van der Waals surface area contributed by atoms with Gasteiger partial charge in [-0.15, -0.1) is 10.2 Å². The van der Waals surface area contributed by atoms with Gasteiger partial charge in [0.15, 0.2) is 6.10 Å². The lowest BCUT2D eigenvalue weighted by molar-refractivity contribution is -0.385. The summed E-state index contributed by atoms with van der Waals surface area (Å²) in [6.45, 7) is 3.50. The second-order valence-corrected chi connectivity index (χ2v) is 5.64. The summed E-state index contributed by atoms with van der Waals surface area (Å²) >= 11 is 0. The molecule has 3 rings (SSSR count). The van der Waals surface area contributed by atoms with Crippen LogP contribution in [0.5, 0.6) is 0 Å². The molecule has 0 radical (unpaired) electrons. The van der Waals surface area contributed by atoms with Gasteiger partial charge in [-0.3, -0.25) is 10.1 Å². The minimum absolute atomic E-state index is 0.105. The van der Waals surface area contributed by atoms with Crippen molar-refractivity contribution in [1.82, 2.24) is 10.2 Å². The number of nitrogens with zero attached hydrogens (tertiary/aromatic N) is 3. The van der Waals surface area contributed by atoms with Gasteiger partial charge in [0.05, 0.1) is 4.92 Å². The van der Waals surface area contributed by atoms with E-state index < -0.39 is 17.0 Å². The molecule has 0 N–H and O–H groups in total. The van der Waals surface area contributed by atoms with Gasteiger partial charge in [0.1, 0.15) is 5.56 Å². The Labute approximate surface area is 148 Å². The quantitative estimate of drug-likeness (QED) is 0.389. The molecule has 0 aliphatic heterocycles. The predicted octanol–water partition coefficient (Wildman–Crippen LogP) is 3.87. The number of hydrogen-bond donors (Lipinski definition) is 0. The van der Waals surface area contributed by atoms with E-state index in [0.717, 1.165) is 11.1 Å². The summed E-state index contributed by atoms with van der Waals surface area (Å²) in [5.74, 6) is -0.425. The minimum atomic E-state index is -0.853. The molecule has 0 aliphatic carbocycles. The number of benzene rings is 2. The Morgan fingerprint density at radius 1 is 1.19 bits per heavy atom. The summed E-state index contributed by atoms with van der Waals surface area (Å²) in [4.78, 5) is 22.7. The number of aromatic nitrogens is 2.